The monoisotopic (exact) mass is 249 g/mol. The molecule has 18 heavy (non-hydrogen) atoms. The van der Waals surface area contributed by atoms with Gasteiger partial charge in [-0.2, -0.15) is 0 Å². The standard InChI is InChI=1S/C12H11NO5/c1-7-11(18-12(14)15)17-10(13-7)8-3-5-9(16-2)6-4-8/h3-6H,1-2H3,(H,14,15). The zero-order chi connectivity index (χ0) is 13.1. The molecule has 1 aromatic heterocycles. The fourth-order valence-corrected chi connectivity index (χ4v) is 1.41. The van der Waals surface area contributed by atoms with Gasteiger partial charge in [0.25, 0.3) is 0 Å². The molecule has 1 N–H and O–H groups in total. The van der Waals surface area contributed by atoms with Crippen LogP contribution < -0.4 is 9.47 Å². The van der Waals surface area contributed by atoms with Gasteiger partial charge in [-0.05, 0) is 31.2 Å². The molecule has 0 aliphatic carbocycles. The summed E-state index contributed by atoms with van der Waals surface area (Å²) in [7, 11) is 1.57. The molecule has 1 aromatic carbocycles. The molecule has 0 fully saturated rings. The van der Waals surface area contributed by atoms with Crippen molar-refractivity contribution in [2.45, 2.75) is 6.92 Å². The number of benzene rings is 1. The van der Waals surface area contributed by atoms with Crippen LogP contribution in [0.1, 0.15) is 5.69 Å². The summed E-state index contributed by atoms with van der Waals surface area (Å²) in [6.07, 6.45) is -1.43. The summed E-state index contributed by atoms with van der Waals surface area (Å²) in [5.41, 5.74) is 1.09. The van der Waals surface area contributed by atoms with Crippen LogP contribution in [-0.2, 0) is 0 Å². The third kappa shape index (κ3) is 2.42. The van der Waals surface area contributed by atoms with Gasteiger partial charge in [0, 0.05) is 5.56 Å². The van der Waals surface area contributed by atoms with Gasteiger partial charge in [0.1, 0.15) is 11.4 Å². The van der Waals surface area contributed by atoms with E-state index >= 15 is 0 Å². The molecule has 94 valence electrons. The number of rotatable bonds is 3. The second kappa shape index (κ2) is 4.79. The Labute approximate surface area is 103 Å². The Kier molecular flexibility index (Phi) is 3.18. The van der Waals surface area contributed by atoms with E-state index in [4.69, 9.17) is 14.3 Å². The molecule has 0 saturated heterocycles. The highest BCUT2D eigenvalue weighted by Gasteiger charge is 2.15. The third-order valence-electron chi connectivity index (χ3n) is 2.27. The molecule has 0 unspecified atom stereocenters. The second-order valence-electron chi connectivity index (χ2n) is 3.49. The maximum absolute atomic E-state index is 10.4. The Morgan fingerprint density at radius 3 is 2.56 bits per heavy atom. The molecule has 0 bridgehead atoms. The van der Waals surface area contributed by atoms with E-state index in [1.54, 1.807) is 38.3 Å². The van der Waals surface area contributed by atoms with Gasteiger partial charge < -0.3 is 19.0 Å². The maximum atomic E-state index is 10.4. The Morgan fingerprint density at radius 1 is 1.33 bits per heavy atom. The molecule has 0 radical (unpaired) electrons. The summed E-state index contributed by atoms with van der Waals surface area (Å²) in [5.74, 6) is 0.892. The lowest BCUT2D eigenvalue weighted by atomic mass is 10.2. The van der Waals surface area contributed by atoms with Crippen LogP contribution in [0.3, 0.4) is 0 Å². The van der Waals surface area contributed by atoms with Crippen molar-refractivity contribution in [3.05, 3.63) is 30.0 Å². The number of oxazole rings is 1. The first-order valence-corrected chi connectivity index (χ1v) is 5.13. The minimum atomic E-state index is -1.43. The highest BCUT2D eigenvalue weighted by Crippen LogP contribution is 2.28. The molecular weight excluding hydrogens is 238 g/mol. The Morgan fingerprint density at radius 2 is 2.00 bits per heavy atom. The molecule has 2 aromatic rings. The topological polar surface area (TPSA) is 81.8 Å². The van der Waals surface area contributed by atoms with E-state index in [9.17, 15) is 4.79 Å². The number of ether oxygens (including phenoxy) is 2. The number of carboxylic acid groups (broad SMARTS) is 1. The Bertz CT molecular complexity index is 558. The predicted octanol–water partition coefficient (Wildman–Crippen LogP) is 2.72. The first-order chi connectivity index (χ1) is 8.60. The molecule has 2 rings (SSSR count). The number of aryl methyl sites for hydroxylation is 1. The molecule has 0 spiro atoms. The first kappa shape index (κ1) is 12.0. The van der Waals surface area contributed by atoms with Crippen LogP contribution >= 0.6 is 0 Å². The molecule has 0 aliphatic rings. The van der Waals surface area contributed by atoms with Crippen molar-refractivity contribution >= 4 is 6.16 Å². The van der Waals surface area contributed by atoms with E-state index in [-0.39, 0.29) is 5.95 Å². The number of nitrogens with zero attached hydrogens (tertiary/aromatic N) is 1. The quantitative estimate of drug-likeness (QED) is 0.842. The fourth-order valence-electron chi connectivity index (χ4n) is 1.41. The van der Waals surface area contributed by atoms with Crippen LogP contribution in [0.2, 0.25) is 0 Å². The minimum absolute atomic E-state index is 0.117. The first-order valence-electron chi connectivity index (χ1n) is 5.13. The predicted molar refractivity (Wildman–Crippen MR) is 61.9 cm³/mol. The van der Waals surface area contributed by atoms with Crippen LogP contribution in [0.25, 0.3) is 11.5 Å². The number of methoxy groups -OCH3 is 1. The van der Waals surface area contributed by atoms with Crippen LogP contribution in [0.15, 0.2) is 28.7 Å². The molecular formula is C12H11NO5. The van der Waals surface area contributed by atoms with Gasteiger partial charge in [-0.3, -0.25) is 0 Å². The Balaban J connectivity index is 2.30. The van der Waals surface area contributed by atoms with Gasteiger partial charge >= 0.3 is 12.1 Å². The summed E-state index contributed by atoms with van der Waals surface area (Å²) in [4.78, 5) is 14.5. The Hall–Kier alpha value is -2.50. The van der Waals surface area contributed by atoms with Crippen molar-refractivity contribution in [1.29, 1.82) is 0 Å². The van der Waals surface area contributed by atoms with Crippen molar-refractivity contribution in [2.75, 3.05) is 7.11 Å². The minimum Gasteiger partial charge on any atom is -0.497 e. The summed E-state index contributed by atoms with van der Waals surface area (Å²) < 4.78 is 14.7. The number of aromatic nitrogens is 1. The van der Waals surface area contributed by atoms with Crippen molar-refractivity contribution in [3.8, 4) is 23.1 Å². The van der Waals surface area contributed by atoms with Gasteiger partial charge in [-0.25, -0.2) is 9.78 Å². The zero-order valence-corrected chi connectivity index (χ0v) is 9.84. The van der Waals surface area contributed by atoms with Gasteiger partial charge in [0.2, 0.25) is 5.89 Å². The van der Waals surface area contributed by atoms with Crippen LogP contribution in [0.5, 0.6) is 11.7 Å². The van der Waals surface area contributed by atoms with Crippen molar-refractivity contribution in [1.82, 2.24) is 4.98 Å². The zero-order valence-electron chi connectivity index (χ0n) is 9.84. The smallest absolute Gasteiger partial charge is 0.497 e. The normalized spacial score (nSPS) is 10.1. The number of hydrogen-bond donors (Lipinski definition) is 1. The second-order valence-corrected chi connectivity index (χ2v) is 3.49. The maximum Gasteiger partial charge on any atom is 0.513 e. The lowest BCUT2D eigenvalue weighted by molar-refractivity contribution is 0.133. The van der Waals surface area contributed by atoms with E-state index < -0.39 is 6.16 Å². The third-order valence-corrected chi connectivity index (χ3v) is 2.27. The van der Waals surface area contributed by atoms with E-state index in [0.717, 1.165) is 0 Å². The fraction of sp³-hybridized carbons (Fsp3) is 0.167. The van der Waals surface area contributed by atoms with Crippen LogP contribution in [0.4, 0.5) is 4.79 Å². The molecule has 6 heteroatoms. The van der Waals surface area contributed by atoms with Crippen molar-refractivity contribution in [3.63, 3.8) is 0 Å². The summed E-state index contributed by atoms with van der Waals surface area (Å²) in [6, 6.07) is 7.03. The summed E-state index contributed by atoms with van der Waals surface area (Å²) >= 11 is 0. The molecule has 6 nitrogen and oxygen atoms in total. The highest BCUT2D eigenvalue weighted by atomic mass is 16.7. The molecule has 0 aliphatic heterocycles. The van der Waals surface area contributed by atoms with Crippen LogP contribution in [0, 0.1) is 6.92 Å². The average Bonchev–Trinajstić information content (AvgIpc) is 2.70. The molecule has 1 heterocycles. The molecule has 0 atom stereocenters. The molecule has 0 saturated carbocycles. The van der Waals surface area contributed by atoms with E-state index in [2.05, 4.69) is 9.72 Å². The molecule has 0 amide bonds. The van der Waals surface area contributed by atoms with E-state index in [1.807, 2.05) is 0 Å². The summed E-state index contributed by atoms with van der Waals surface area (Å²) in [5, 5.41) is 8.51. The van der Waals surface area contributed by atoms with Gasteiger partial charge in [-0.15, -0.1) is 0 Å². The lowest BCUT2D eigenvalue weighted by Gasteiger charge is -1.99. The largest absolute Gasteiger partial charge is 0.513 e. The number of carbonyl (C=O) groups is 1. The van der Waals surface area contributed by atoms with Crippen molar-refractivity contribution in [2.24, 2.45) is 0 Å². The van der Waals surface area contributed by atoms with Gasteiger partial charge in [0.05, 0.1) is 7.11 Å². The average molecular weight is 249 g/mol. The number of hydrogen-bond acceptors (Lipinski definition) is 5. The van der Waals surface area contributed by atoms with Crippen LogP contribution in [-0.4, -0.2) is 23.4 Å². The lowest BCUT2D eigenvalue weighted by Crippen LogP contribution is -2.02. The van der Waals surface area contributed by atoms with E-state index in [1.165, 1.54) is 0 Å². The summed E-state index contributed by atoms with van der Waals surface area (Å²) in [6.45, 7) is 1.61. The van der Waals surface area contributed by atoms with Crippen molar-refractivity contribution < 1.29 is 23.8 Å². The van der Waals surface area contributed by atoms with Gasteiger partial charge in [-0.1, -0.05) is 0 Å². The SMILES string of the molecule is COc1ccc(-c2nc(C)c(OC(=O)O)o2)cc1. The van der Waals surface area contributed by atoms with E-state index in [0.29, 0.717) is 22.9 Å². The van der Waals surface area contributed by atoms with Gasteiger partial charge in [0.15, 0.2) is 0 Å². The highest BCUT2D eigenvalue weighted by molar-refractivity contribution is 5.61.